The summed E-state index contributed by atoms with van der Waals surface area (Å²) in [7, 11) is 0. The van der Waals surface area contributed by atoms with Crippen molar-refractivity contribution < 1.29 is 0 Å². The van der Waals surface area contributed by atoms with Gasteiger partial charge in [-0.1, -0.05) is 102 Å². The van der Waals surface area contributed by atoms with Crippen LogP contribution in [0.4, 0.5) is 0 Å². The Hall–Kier alpha value is -1.04. The molecule has 0 bridgehead atoms. The summed E-state index contributed by atoms with van der Waals surface area (Å²) in [5.74, 6) is 3.64. The molecule has 2 atom stereocenters. The molecular weight excluding hydrogens is 372 g/mol. The first-order chi connectivity index (χ1) is 15.2. The molecular formula is C31H50. The maximum atomic E-state index is 2.55. The summed E-state index contributed by atoms with van der Waals surface area (Å²) in [6, 6.07) is 9.78. The molecule has 1 aromatic carbocycles. The van der Waals surface area contributed by atoms with Gasteiger partial charge in [-0.15, -0.1) is 0 Å². The quantitative estimate of drug-likeness (QED) is 0.294. The molecule has 31 heavy (non-hydrogen) atoms. The van der Waals surface area contributed by atoms with Crippen molar-refractivity contribution in [3.8, 4) is 0 Å². The highest BCUT2D eigenvalue weighted by atomic mass is 14.3. The van der Waals surface area contributed by atoms with Gasteiger partial charge in [0.2, 0.25) is 0 Å². The predicted octanol–water partition coefficient (Wildman–Crippen LogP) is 10.3. The van der Waals surface area contributed by atoms with Crippen LogP contribution < -0.4 is 0 Å². The zero-order valence-electron chi connectivity index (χ0n) is 21.0. The van der Waals surface area contributed by atoms with E-state index in [2.05, 4.69) is 51.1 Å². The summed E-state index contributed by atoms with van der Waals surface area (Å²) in [5, 5.41) is 0. The summed E-state index contributed by atoms with van der Waals surface area (Å²) >= 11 is 0. The Labute approximate surface area is 194 Å². The molecule has 0 nitrogen and oxygen atoms in total. The SMILES string of the molecule is CCCCCCCC[C@H]1CC[C@H](c2ccc(C3=CCC(CC(C)CC)CC3)cc2)CC1. The van der Waals surface area contributed by atoms with E-state index in [1.54, 1.807) is 11.1 Å². The Morgan fingerprint density at radius 1 is 0.806 bits per heavy atom. The van der Waals surface area contributed by atoms with Crippen LogP contribution >= 0.6 is 0 Å². The fourth-order valence-corrected chi connectivity index (χ4v) is 6.07. The minimum absolute atomic E-state index is 0.815. The molecule has 0 aromatic heterocycles. The minimum atomic E-state index is 0.815. The maximum Gasteiger partial charge on any atom is -0.0162 e. The van der Waals surface area contributed by atoms with Crippen LogP contribution in [-0.2, 0) is 0 Å². The van der Waals surface area contributed by atoms with E-state index in [4.69, 9.17) is 0 Å². The fourth-order valence-electron chi connectivity index (χ4n) is 6.07. The number of hydrogen-bond donors (Lipinski definition) is 0. The molecule has 0 heteroatoms. The number of rotatable bonds is 12. The van der Waals surface area contributed by atoms with E-state index in [1.165, 1.54) is 108 Å². The first kappa shape index (κ1) is 24.6. The van der Waals surface area contributed by atoms with Crippen LogP contribution in [0.3, 0.4) is 0 Å². The zero-order valence-corrected chi connectivity index (χ0v) is 21.0. The Bertz CT molecular complexity index is 629. The van der Waals surface area contributed by atoms with Gasteiger partial charge in [-0.25, -0.2) is 0 Å². The topological polar surface area (TPSA) is 0 Å². The van der Waals surface area contributed by atoms with E-state index in [-0.39, 0.29) is 0 Å². The summed E-state index contributed by atoms with van der Waals surface area (Å²) in [5.41, 5.74) is 4.70. The normalized spacial score (nSPS) is 25.3. The third kappa shape index (κ3) is 8.11. The van der Waals surface area contributed by atoms with Gasteiger partial charge in [0.05, 0.1) is 0 Å². The van der Waals surface area contributed by atoms with Gasteiger partial charge in [-0.2, -0.15) is 0 Å². The monoisotopic (exact) mass is 422 g/mol. The Kier molecular flexibility index (Phi) is 10.7. The van der Waals surface area contributed by atoms with E-state index in [0.29, 0.717) is 0 Å². The Morgan fingerprint density at radius 2 is 1.52 bits per heavy atom. The summed E-state index contributed by atoms with van der Waals surface area (Å²) < 4.78 is 0. The molecule has 1 aromatic rings. The van der Waals surface area contributed by atoms with E-state index < -0.39 is 0 Å². The highest BCUT2D eigenvalue weighted by Gasteiger charge is 2.22. The zero-order chi connectivity index (χ0) is 21.9. The van der Waals surface area contributed by atoms with E-state index >= 15 is 0 Å². The molecule has 0 amide bonds. The van der Waals surface area contributed by atoms with Crippen molar-refractivity contribution in [3.05, 3.63) is 41.5 Å². The molecule has 174 valence electrons. The van der Waals surface area contributed by atoms with Crippen molar-refractivity contribution in [2.45, 2.75) is 129 Å². The highest BCUT2D eigenvalue weighted by Crippen LogP contribution is 2.39. The lowest BCUT2D eigenvalue weighted by Gasteiger charge is -2.29. The molecule has 2 aliphatic rings. The van der Waals surface area contributed by atoms with Gasteiger partial charge in [0.25, 0.3) is 0 Å². The third-order valence-electron chi connectivity index (χ3n) is 8.52. The number of allylic oxidation sites excluding steroid dienone is 2. The van der Waals surface area contributed by atoms with Crippen LogP contribution in [0.5, 0.6) is 0 Å². The van der Waals surface area contributed by atoms with Gasteiger partial charge in [0.15, 0.2) is 0 Å². The summed E-state index contributed by atoms with van der Waals surface area (Å²) in [4.78, 5) is 0. The molecule has 3 rings (SSSR count). The van der Waals surface area contributed by atoms with Gasteiger partial charge in [-0.3, -0.25) is 0 Å². The minimum Gasteiger partial charge on any atom is -0.0804 e. The second-order valence-corrected chi connectivity index (χ2v) is 11.0. The predicted molar refractivity (Wildman–Crippen MR) is 139 cm³/mol. The van der Waals surface area contributed by atoms with Crippen LogP contribution in [0.2, 0.25) is 0 Å². The lowest BCUT2D eigenvalue weighted by molar-refractivity contribution is 0.302. The smallest absolute Gasteiger partial charge is 0.0162 e. The molecule has 0 N–H and O–H groups in total. The van der Waals surface area contributed by atoms with Gasteiger partial charge in [0.1, 0.15) is 0 Å². The van der Waals surface area contributed by atoms with Crippen LogP contribution in [0, 0.1) is 17.8 Å². The van der Waals surface area contributed by atoms with Crippen molar-refractivity contribution in [1.82, 2.24) is 0 Å². The number of benzene rings is 1. The largest absolute Gasteiger partial charge is 0.0804 e. The first-order valence-corrected chi connectivity index (χ1v) is 14.0. The Morgan fingerprint density at radius 3 is 2.16 bits per heavy atom. The molecule has 1 saturated carbocycles. The van der Waals surface area contributed by atoms with Gasteiger partial charge >= 0.3 is 0 Å². The molecule has 0 saturated heterocycles. The fraction of sp³-hybridized carbons (Fsp3) is 0.742. The second-order valence-electron chi connectivity index (χ2n) is 11.0. The van der Waals surface area contributed by atoms with Crippen LogP contribution in [0.15, 0.2) is 30.3 Å². The molecule has 0 spiro atoms. The van der Waals surface area contributed by atoms with E-state index in [9.17, 15) is 0 Å². The van der Waals surface area contributed by atoms with Crippen LogP contribution in [0.1, 0.15) is 141 Å². The molecule has 0 heterocycles. The summed E-state index contributed by atoms with van der Waals surface area (Å²) in [6.07, 6.45) is 25.2. The lowest BCUT2D eigenvalue weighted by Crippen LogP contribution is -2.13. The van der Waals surface area contributed by atoms with Crippen molar-refractivity contribution in [2.24, 2.45) is 17.8 Å². The van der Waals surface area contributed by atoms with Gasteiger partial charge in [-0.05, 0) is 91.7 Å². The maximum absolute atomic E-state index is 2.55. The molecule has 0 aliphatic heterocycles. The van der Waals surface area contributed by atoms with Crippen molar-refractivity contribution in [2.75, 3.05) is 0 Å². The molecule has 2 unspecified atom stereocenters. The molecule has 0 radical (unpaired) electrons. The van der Waals surface area contributed by atoms with Crippen LogP contribution in [0.25, 0.3) is 5.57 Å². The van der Waals surface area contributed by atoms with Crippen LogP contribution in [-0.4, -0.2) is 0 Å². The lowest BCUT2D eigenvalue weighted by atomic mass is 9.76. The molecule has 1 fully saturated rings. The summed E-state index contributed by atoms with van der Waals surface area (Å²) in [6.45, 7) is 7.06. The molecule has 2 aliphatic carbocycles. The Balaban J connectivity index is 1.39. The average Bonchev–Trinajstić information content (AvgIpc) is 2.82. The van der Waals surface area contributed by atoms with E-state index in [1.807, 2.05) is 0 Å². The second kappa shape index (κ2) is 13.5. The van der Waals surface area contributed by atoms with Crippen molar-refractivity contribution in [3.63, 3.8) is 0 Å². The number of unbranched alkanes of at least 4 members (excludes halogenated alkanes) is 5. The standard InChI is InChI=1S/C31H50/c1-4-6-7-8-9-10-11-26-12-16-28(17-13-26)30-20-22-31(23-21-30)29-18-14-27(15-19-29)24-25(3)5-2/h18,20-23,25-28H,4-17,19,24H2,1-3H3/t25?,26-,27?,28-. The highest BCUT2D eigenvalue weighted by molar-refractivity contribution is 5.66. The first-order valence-electron chi connectivity index (χ1n) is 14.0. The van der Waals surface area contributed by atoms with Gasteiger partial charge < -0.3 is 0 Å². The van der Waals surface area contributed by atoms with Crippen molar-refractivity contribution in [1.29, 1.82) is 0 Å². The number of hydrogen-bond acceptors (Lipinski definition) is 0. The van der Waals surface area contributed by atoms with Gasteiger partial charge in [0, 0.05) is 0 Å². The van der Waals surface area contributed by atoms with E-state index in [0.717, 1.165) is 23.7 Å². The average molecular weight is 423 g/mol. The van der Waals surface area contributed by atoms with Crippen molar-refractivity contribution >= 4 is 5.57 Å². The third-order valence-corrected chi connectivity index (χ3v) is 8.52.